The van der Waals surface area contributed by atoms with Crippen LogP contribution in [-0.2, 0) is 26.1 Å². The first-order valence-electron chi connectivity index (χ1n) is 13.1. The molecule has 1 aromatic heterocycles. The molecular formula is C28H37N3O6S2. The molecule has 39 heavy (non-hydrogen) atoms. The Morgan fingerprint density at radius 1 is 0.974 bits per heavy atom. The highest BCUT2D eigenvalue weighted by atomic mass is 32.2. The number of sulfonamides is 1. The van der Waals surface area contributed by atoms with E-state index in [4.69, 9.17) is 9.47 Å². The zero-order valence-electron chi connectivity index (χ0n) is 23.3. The molecule has 0 atom stereocenters. The number of benzene rings is 2. The van der Waals surface area contributed by atoms with E-state index in [1.54, 1.807) is 17.6 Å². The summed E-state index contributed by atoms with van der Waals surface area (Å²) in [5.74, 6) is 0.0280. The monoisotopic (exact) mass is 575 g/mol. The van der Waals surface area contributed by atoms with Gasteiger partial charge in [0.15, 0.2) is 4.80 Å². The van der Waals surface area contributed by atoms with Crippen LogP contribution in [0.1, 0.15) is 51.9 Å². The number of nitrogens with zero attached hydrogens (tertiary/aromatic N) is 3. The van der Waals surface area contributed by atoms with Crippen LogP contribution in [0.2, 0.25) is 0 Å². The van der Waals surface area contributed by atoms with Crippen LogP contribution in [0.5, 0.6) is 5.75 Å². The second-order valence-electron chi connectivity index (χ2n) is 9.89. The molecule has 212 valence electrons. The van der Waals surface area contributed by atoms with Crippen LogP contribution >= 0.6 is 11.3 Å². The van der Waals surface area contributed by atoms with Gasteiger partial charge in [0, 0.05) is 18.7 Å². The van der Waals surface area contributed by atoms with Gasteiger partial charge in [-0.1, -0.05) is 39.0 Å². The maximum Gasteiger partial charge on any atom is 0.326 e. The van der Waals surface area contributed by atoms with Gasteiger partial charge in [-0.25, -0.2) is 8.42 Å². The summed E-state index contributed by atoms with van der Waals surface area (Å²) >= 11 is 1.25. The third-order valence-electron chi connectivity index (χ3n) is 5.63. The van der Waals surface area contributed by atoms with Gasteiger partial charge in [0.2, 0.25) is 10.0 Å². The van der Waals surface area contributed by atoms with Gasteiger partial charge in [-0.05, 0) is 68.1 Å². The fourth-order valence-electron chi connectivity index (χ4n) is 4.04. The van der Waals surface area contributed by atoms with Gasteiger partial charge in [0.1, 0.15) is 12.3 Å². The fourth-order valence-corrected chi connectivity index (χ4v) is 6.86. The Kier molecular flexibility index (Phi) is 10.5. The Labute approximate surface area is 234 Å². The number of hydrogen-bond acceptors (Lipinski definition) is 7. The number of esters is 1. The lowest BCUT2D eigenvalue weighted by Gasteiger charge is -2.25. The van der Waals surface area contributed by atoms with Crippen molar-refractivity contribution in [1.82, 2.24) is 8.87 Å². The third-order valence-corrected chi connectivity index (χ3v) is 8.52. The predicted molar refractivity (Wildman–Crippen MR) is 152 cm³/mol. The van der Waals surface area contributed by atoms with E-state index in [1.807, 2.05) is 46.8 Å². The standard InChI is InChI=1S/C28H37N3O6S2/c1-7-36-22-11-14-24-25(15-22)38-28(31(24)18-26(32)37-8-2)29-27(33)21-9-12-23(13-10-21)39(34,35)30(16-19(3)4)17-20(5)6/h9-15,19-20H,7-8,16-18H2,1-6H3. The molecule has 0 fully saturated rings. The Bertz CT molecular complexity index is 1460. The van der Waals surface area contributed by atoms with Crippen LogP contribution < -0.4 is 9.54 Å². The molecule has 0 aliphatic heterocycles. The zero-order valence-corrected chi connectivity index (χ0v) is 25.0. The van der Waals surface area contributed by atoms with Crippen LogP contribution in [0.3, 0.4) is 0 Å². The van der Waals surface area contributed by atoms with Gasteiger partial charge in [-0.2, -0.15) is 9.30 Å². The molecule has 2 aromatic carbocycles. The molecule has 0 saturated carbocycles. The Morgan fingerprint density at radius 3 is 2.18 bits per heavy atom. The van der Waals surface area contributed by atoms with E-state index < -0.39 is 21.9 Å². The molecule has 3 aromatic rings. The first-order chi connectivity index (χ1) is 18.5. The van der Waals surface area contributed by atoms with Crippen molar-refractivity contribution in [2.45, 2.75) is 53.0 Å². The summed E-state index contributed by atoms with van der Waals surface area (Å²) in [4.78, 5) is 30.2. The average Bonchev–Trinajstić information content (AvgIpc) is 3.19. The van der Waals surface area contributed by atoms with Gasteiger partial charge in [0.25, 0.3) is 5.91 Å². The van der Waals surface area contributed by atoms with E-state index in [9.17, 15) is 18.0 Å². The van der Waals surface area contributed by atoms with Crippen LogP contribution in [0.4, 0.5) is 0 Å². The summed E-state index contributed by atoms with van der Waals surface area (Å²) in [5, 5.41) is 0. The Morgan fingerprint density at radius 2 is 1.62 bits per heavy atom. The van der Waals surface area contributed by atoms with Crippen molar-refractivity contribution in [3.63, 3.8) is 0 Å². The Hall–Kier alpha value is -3.02. The quantitative estimate of drug-likeness (QED) is 0.290. The largest absolute Gasteiger partial charge is 0.494 e. The number of amides is 1. The number of rotatable bonds is 12. The molecular weight excluding hydrogens is 538 g/mol. The fraction of sp³-hybridized carbons (Fsp3) is 0.464. The average molecular weight is 576 g/mol. The number of aromatic nitrogens is 1. The molecule has 0 N–H and O–H groups in total. The van der Waals surface area contributed by atoms with Crippen molar-refractivity contribution in [2.24, 2.45) is 16.8 Å². The SMILES string of the molecule is CCOC(=O)Cn1c(=NC(=O)c2ccc(S(=O)(=O)N(CC(C)C)CC(C)C)cc2)sc2cc(OCC)ccc21. The molecule has 0 bridgehead atoms. The highest BCUT2D eigenvalue weighted by Gasteiger charge is 2.26. The van der Waals surface area contributed by atoms with Crippen LogP contribution in [0, 0.1) is 11.8 Å². The summed E-state index contributed by atoms with van der Waals surface area (Å²) in [6.45, 7) is 13.0. The minimum absolute atomic E-state index is 0.105. The lowest BCUT2D eigenvalue weighted by atomic mass is 10.2. The highest BCUT2D eigenvalue weighted by molar-refractivity contribution is 7.89. The van der Waals surface area contributed by atoms with Gasteiger partial charge in [-0.15, -0.1) is 0 Å². The van der Waals surface area contributed by atoms with Crippen molar-refractivity contribution in [2.75, 3.05) is 26.3 Å². The topological polar surface area (TPSA) is 107 Å². The number of ether oxygens (including phenoxy) is 2. The molecule has 0 unspecified atom stereocenters. The van der Waals surface area contributed by atoms with Crippen LogP contribution in [0.25, 0.3) is 10.2 Å². The van der Waals surface area contributed by atoms with Crippen LogP contribution in [0.15, 0.2) is 52.4 Å². The number of fused-ring (bicyclic) bond motifs is 1. The minimum atomic E-state index is -3.72. The summed E-state index contributed by atoms with van der Waals surface area (Å²) < 4.78 is 41.3. The number of hydrogen-bond donors (Lipinski definition) is 0. The van der Waals surface area contributed by atoms with E-state index in [0.29, 0.717) is 30.2 Å². The molecule has 1 heterocycles. The van der Waals surface area contributed by atoms with Gasteiger partial charge >= 0.3 is 5.97 Å². The maximum absolute atomic E-state index is 13.3. The normalized spacial score (nSPS) is 12.6. The van der Waals surface area contributed by atoms with E-state index in [2.05, 4.69) is 4.99 Å². The lowest BCUT2D eigenvalue weighted by Crippen LogP contribution is -2.37. The number of carbonyl (C=O) groups excluding carboxylic acids is 2. The van der Waals surface area contributed by atoms with E-state index in [-0.39, 0.29) is 35.4 Å². The molecule has 9 nitrogen and oxygen atoms in total. The van der Waals surface area contributed by atoms with Crippen molar-refractivity contribution < 1.29 is 27.5 Å². The minimum Gasteiger partial charge on any atom is -0.494 e. The van der Waals surface area contributed by atoms with Crippen molar-refractivity contribution in [3.8, 4) is 5.75 Å². The maximum atomic E-state index is 13.3. The Balaban J connectivity index is 1.98. The zero-order chi connectivity index (χ0) is 28.7. The first kappa shape index (κ1) is 30.5. The molecule has 0 radical (unpaired) electrons. The van der Waals surface area contributed by atoms with E-state index >= 15 is 0 Å². The van der Waals surface area contributed by atoms with Crippen molar-refractivity contribution in [1.29, 1.82) is 0 Å². The second-order valence-corrected chi connectivity index (χ2v) is 12.8. The van der Waals surface area contributed by atoms with E-state index in [0.717, 1.165) is 10.2 Å². The van der Waals surface area contributed by atoms with Gasteiger partial charge in [0.05, 0.1) is 28.3 Å². The molecule has 1 amide bonds. The molecule has 0 spiro atoms. The third kappa shape index (κ3) is 7.77. The van der Waals surface area contributed by atoms with Crippen molar-refractivity contribution in [3.05, 3.63) is 52.8 Å². The number of carbonyl (C=O) groups is 2. The smallest absolute Gasteiger partial charge is 0.326 e. The predicted octanol–water partition coefficient (Wildman–Crippen LogP) is 4.71. The molecule has 0 aliphatic rings. The highest BCUT2D eigenvalue weighted by Crippen LogP contribution is 2.24. The van der Waals surface area contributed by atoms with E-state index in [1.165, 1.54) is 39.9 Å². The van der Waals surface area contributed by atoms with Crippen LogP contribution in [-0.4, -0.2) is 55.5 Å². The molecule has 0 saturated heterocycles. The second kappa shape index (κ2) is 13.4. The van der Waals surface area contributed by atoms with Gasteiger partial charge < -0.3 is 14.0 Å². The lowest BCUT2D eigenvalue weighted by molar-refractivity contribution is -0.143. The number of thiazole rings is 1. The summed E-state index contributed by atoms with van der Waals surface area (Å²) in [5.41, 5.74) is 0.961. The summed E-state index contributed by atoms with van der Waals surface area (Å²) in [6, 6.07) is 11.3. The van der Waals surface area contributed by atoms with Crippen molar-refractivity contribution >= 4 is 43.5 Å². The van der Waals surface area contributed by atoms with Gasteiger partial charge in [-0.3, -0.25) is 9.59 Å². The summed E-state index contributed by atoms with van der Waals surface area (Å²) in [6.07, 6.45) is 0. The first-order valence-corrected chi connectivity index (χ1v) is 15.3. The molecule has 11 heteroatoms. The summed E-state index contributed by atoms with van der Waals surface area (Å²) in [7, 11) is -3.72. The molecule has 3 rings (SSSR count). The molecule has 0 aliphatic carbocycles.